The fraction of sp³-hybridized carbons (Fsp3) is 0.158. The molecule has 6 heteroatoms. The highest BCUT2D eigenvalue weighted by Crippen LogP contribution is 2.23. The maximum absolute atomic E-state index is 12.0. The molecule has 0 unspecified atom stereocenters. The third-order valence-electron chi connectivity index (χ3n) is 3.53. The summed E-state index contributed by atoms with van der Waals surface area (Å²) in [6.45, 7) is 2.04. The zero-order valence-corrected chi connectivity index (χ0v) is 15.6. The van der Waals surface area contributed by atoms with E-state index in [0.717, 1.165) is 22.0 Å². The predicted octanol–water partition coefficient (Wildman–Crippen LogP) is 3.49. The smallest absolute Gasteiger partial charge is 0.269 e. The van der Waals surface area contributed by atoms with Crippen LogP contribution in [0.15, 0.2) is 53.0 Å². The van der Waals surface area contributed by atoms with E-state index in [9.17, 15) is 9.59 Å². The van der Waals surface area contributed by atoms with E-state index in [4.69, 9.17) is 4.74 Å². The van der Waals surface area contributed by atoms with Gasteiger partial charge in [-0.3, -0.25) is 20.4 Å². The molecule has 0 heterocycles. The molecule has 0 fully saturated rings. The maximum Gasteiger partial charge on any atom is 0.269 e. The second kappa shape index (κ2) is 9.03. The molecule has 0 aliphatic heterocycles. The Labute approximate surface area is 155 Å². The first kappa shape index (κ1) is 18.7. The Balaban J connectivity index is 1.93. The largest absolute Gasteiger partial charge is 0.496 e. The molecular formula is C19H19BrN2O3. The first-order valence-electron chi connectivity index (χ1n) is 7.74. The molecule has 0 bridgehead atoms. The summed E-state index contributed by atoms with van der Waals surface area (Å²) in [6, 6.07) is 12.7. The lowest BCUT2D eigenvalue weighted by Gasteiger charge is -2.07. The molecule has 0 aliphatic rings. The zero-order valence-electron chi connectivity index (χ0n) is 14.0. The Morgan fingerprint density at radius 1 is 1.12 bits per heavy atom. The number of hydrogen-bond donors (Lipinski definition) is 2. The monoisotopic (exact) mass is 402 g/mol. The van der Waals surface area contributed by atoms with Crippen LogP contribution in [0.1, 0.15) is 28.4 Å². The lowest BCUT2D eigenvalue weighted by Crippen LogP contribution is -2.40. The summed E-state index contributed by atoms with van der Waals surface area (Å²) in [7, 11) is 1.56. The number of hydrogen-bond acceptors (Lipinski definition) is 3. The highest BCUT2D eigenvalue weighted by Gasteiger charge is 2.06. The van der Waals surface area contributed by atoms with Gasteiger partial charge in [0.05, 0.1) is 7.11 Å². The first-order chi connectivity index (χ1) is 12.0. The van der Waals surface area contributed by atoms with E-state index < -0.39 is 5.91 Å². The Bertz CT molecular complexity index is 786. The number of amides is 2. The Kier molecular flexibility index (Phi) is 6.77. The lowest BCUT2D eigenvalue weighted by molar-refractivity contribution is -0.117. The number of rotatable bonds is 5. The number of carbonyl (C=O) groups excluding carboxylic acids is 2. The molecule has 0 radical (unpaired) electrons. The van der Waals surface area contributed by atoms with Crippen LogP contribution in [0, 0.1) is 0 Å². The molecule has 130 valence electrons. The molecular weight excluding hydrogens is 384 g/mol. The molecule has 2 N–H and O–H groups in total. The van der Waals surface area contributed by atoms with Crippen molar-refractivity contribution in [2.75, 3.05) is 7.11 Å². The van der Waals surface area contributed by atoms with Gasteiger partial charge >= 0.3 is 0 Å². The van der Waals surface area contributed by atoms with Crippen LogP contribution in [0.5, 0.6) is 5.75 Å². The number of aryl methyl sites for hydroxylation is 1. The van der Waals surface area contributed by atoms with Crippen molar-refractivity contribution in [3.05, 3.63) is 69.7 Å². The van der Waals surface area contributed by atoms with Crippen molar-refractivity contribution in [2.45, 2.75) is 13.3 Å². The summed E-state index contributed by atoms with van der Waals surface area (Å²) >= 11 is 3.37. The number of hydrazine groups is 1. The van der Waals surface area contributed by atoms with Gasteiger partial charge in [-0.15, -0.1) is 0 Å². The molecule has 0 saturated heterocycles. The molecule has 2 aromatic rings. The fourth-order valence-corrected chi connectivity index (χ4v) is 2.50. The number of ether oxygens (including phenoxy) is 1. The Morgan fingerprint density at radius 3 is 2.48 bits per heavy atom. The lowest BCUT2D eigenvalue weighted by atomic mass is 10.1. The van der Waals surface area contributed by atoms with Gasteiger partial charge in [0.1, 0.15) is 5.75 Å². The van der Waals surface area contributed by atoms with Crippen LogP contribution in [-0.4, -0.2) is 18.9 Å². The van der Waals surface area contributed by atoms with E-state index in [1.807, 2.05) is 31.2 Å². The third-order valence-corrected chi connectivity index (χ3v) is 4.02. The standard InChI is InChI=1S/C19H19BrN2O3/c1-3-13-4-6-14(7-5-13)19(24)22-21-18(23)11-8-15-12-16(20)9-10-17(15)25-2/h4-12H,3H2,1-2H3,(H,21,23)(H,22,24)/b11-8+. The topological polar surface area (TPSA) is 67.4 Å². The van der Waals surface area contributed by atoms with Crippen LogP contribution in [0.4, 0.5) is 0 Å². The second-order valence-electron chi connectivity index (χ2n) is 5.21. The van der Waals surface area contributed by atoms with Gasteiger partial charge in [0.25, 0.3) is 11.8 Å². The second-order valence-corrected chi connectivity index (χ2v) is 6.13. The molecule has 0 aromatic heterocycles. The summed E-state index contributed by atoms with van der Waals surface area (Å²) in [4.78, 5) is 23.9. The van der Waals surface area contributed by atoms with Crippen molar-refractivity contribution < 1.29 is 14.3 Å². The van der Waals surface area contributed by atoms with Gasteiger partial charge in [-0.2, -0.15) is 0 Å². The van der Waals surface area contributed by atoms with Crippen molar-refractivity contribution in [3.8, 4) is 5.75 Å². The SMILES string of the molecule is CCc1ccc(C(=O)NNC(=O)/C=C/c2cc(Br)ccc2OC)cc1. The molecule has 2 rings (SSSR count). The molecule has 0 spiro atoms. The van der Waals surface area contributed by atoms with Gasteiger partial charge in [-0.05, 0) is 48.4 Å². The van der Waals surface area contributed by atoms with E-state index in [2.05, 4.69) is 26.8 Å². The van der Waals surface area contributed by atoms with Crippen LogP contribution < -0.4 is 15.6 Å². The van der Waals surface area contributed by atoms with E-state index in [-0.39, 0.29) is 5.91 Å². The number of carbonyl (C=O) groups is 2. The van der Waals surface area contributed by atoms with Crippen LogP contribution in [-0.2, 0) is 11.2 Å². The number of nitrogens with one attached hydrogen (secondary N) is 2. The van der Waals surface area contributed by atoms with Crippen molar-refractivity contribution in [1.82, 2.24) is 10.9 Å². The minimum Gasteiger partial charge on any atom is -0.496 e. The molecule has 0 saturated carbocycles. The van der Waals surface area contributed by atoms with Gasteiger partial charge in [-0.25, -0.2) is 0 Å². The summed E-state index contributed by atoms with van der Waals surface area (Å²) in [5.74, 6) is -0.169. The van der Waals surface area contributed by atoms with Gasteiger partial charge in [0.15, 0.2) is 0 Å². The van der Waals surface area contributed by atoms with Crippen LogP contribution in [0.2, 0.25) is 0 Å². The van der Waals surface area contributed by atoms with Crippen molar-refractivity contribution in [3.63, 3.8) is 0 Å². The average Bonchev–Trinajstić information content (AvgIpc) is 2.64. The molecule has 5 nitrogen and oxygen atoms in total. The number of benzene rings is 2. The van der Waals surface area contributed by atoms with Gasteiger partial charge in [0.2, 0.25) is 0 Å². The molecule has 2 amide bonds. The van der Waals surface area contributed by atoms with Crippen molar-refractivity contribution >= 4 is 33.8 Å². The molecule has 0 aliphatic carbocycles. The van der Waals surface area contributed by atoms with E-state index in [1.165, 1.54) is 6.08 Å². The fourth-order valence-electron chi connectivity index (χ4n) is 2.12. The van der Waals surface area contributed by atoms with Crippen molar-refractivity contribution in [1.29, 1.82) is 0 Å². The summed E-state index contributed by atoms with van der Waals surface area (Å²) < 4.78 is 6.11. The number of halogens is 1. The summed E-state index contributed by atoms with van der Waals surface area (Å²) in [5, 5.41) is 0. The quantitative estimate of drug-likeness (QED) is 0.593. The zero-order chi connectivity index (χ0) is 18.2. The number of methoxy groups -OCH3 is 1. The van der Waals surface area contributed by atoms with E-state index in [1.54, 1.807) is 31.4 Å². The Hall–Kier alpha value is -2.60. The van der Waals surface area contributed by atoms with Crippen LogP contribution in [0.3, 0.4) is 0 Å². The molecule has 25 heavy (non-hydrogen) atoms. The summed E-state index contributed by atoms with van der Waals surface area (Å²) in [5.41, 5.74) is 7.11. The predicted molar refractivity (Wildman–Crippen MR) is 101 cm³/mol. The average molecular weight is 403 g/mol. The van der Waals surface area contributed by atoms with Crippen LogP contribution >= 0.6 is 15.9 Å². The van der Waals surface area contributed by atoms with E-state index in [0.29, 0.717) is 11.3 Å². The van der Waals surface area contributed by atoms with Gasteiger partial charge in [0, 0.05) is 21.7 Å². The molecule has 2 aromatic carbocycles. The van der Waals surface area contributed by atoms with Gasteiger partial charge in [-0.1, -0.05) is 35.0 Å². The highest BCUT2D eigenvalue weighted by molar-refractivity contribution is 9.10. The maximum atomic E-state index is 12.0. The van der Waals surface area contributed by atoms with Crippen LogP contribution in [0.25, 0.3) is 6.08 Å². The highest BCUT2D eigenvalue weighted by atomic mass is 79.9. The molecule has 0 atom stereocenters. The summed E-state index contributed by atoms with van der Waals surface area (Å²) in [6.07, 6.45) is 3.84. The third kappa shape index (κ3) is 5.46. The minimum absolute atomic E-state index is 0.371. The van der Waals surface area contributed by atoms with Crippen molar-refractivity contribution in [2.24, 2.45) is 0 Å². The minimum atomic E-state index is -0.444. The first-order valence-corrected chi connectivity index (χ1v) is 8.53. The Morgan fingerprint density at radius 2 is 1.84 bits per heavy atom. The normalized spacial score (nSPS) is 10.5. The van der Waals surface area contributed by atoms with Gasteiger partial charge < -0.3 is 4.74 Å². The van der Waals surface area contributed by atoms with E-state index >= 15 is 0 Å².